The van der Waals surface area contributed by atoms with Crippen LogP contribution in [0, 0.1) is 6.92 Å². The molecule has 4 nitrogen and oxygen atoms in total. The predicted octanol–water partition coefficient (Wildman–Crippen LogP) is 1.10. The lowest BCUT2D eigenvalue weighted by molar-refractivity contribution is -0.122. The number of phenols is 1. The molecule has 1 aliphatic heterocycles. The minimum Gasteiger partial charge on any atom is -0.508 e. The van der Waals surface area contributed by atoms with Crippen LogP contribution in [0.5, 0.6) is 5.75 Å². The number of hydrogen-bond donors (Lipinski definition) is 2. The fourth-order valence-electron chi connectivity index (χ4n) is 1.52. The molecule has 0 spiro atoms. The van der Waals surface area contributed by atoms with Crippen LogP contribution in [0.3, 0.4) is 0 Å². The molecule has 4 heteroatoms. The number of carbonyl (C=O) groups excluding carboxylic acids is 1. The van der Waals surface area contributed by atoms with Crippen molar-refractivity contribution >= 4 is 5.91 Å². The highest BCUT2D eigenvalue weighted by atomic mass is 16.6. The van der Waals surface area contributed by atoms with Gasteiger partial charge in [-0.05, 0) is 31.0 Å². The van der Waals surface area contributed by atoms with Gasteiger partial charge in [-0.25, -0.2) is 0 Å². The molecule has 1 fully saturated rings. The summed E-state index contributed by atoms with van der Waals surface area (Å²) < 4.78 is 5.05. The molecular weight excluding hydrogens is 206 g/mol. The van der Waals surface area contributed by atoms with E-state index in [1.807, 2.05) is 26.0 Å². The van der Waals surface area contributed by atoms with Gasteiger partial charge in [0.2, 0.25) is 0 Å². The van der Waals surface area contributed by atoms with E-state index in [1.54, 1.807) is 6.07 Å². The number of carbonyl (C=O) groups is 1. The van der Waals surface area contributed by atoms with Crippen LogP contribution < -0.4 is 5.32 Å². The second kappa shape index (κ2) is 4.14. The van der Waals surface area contributed by atoms with E-state index in [0.29, 0.717) is 6.54 Å². The summed E-state index contributed by atoms with van der Waals surface area (Å²) in [5.41, 5.74) is 1.71. The van der Waals surface area contributed by atoms with Crippen molar-refractivity contribution in [3.8, 4) is 5.75 Å². The third-order valence-electron chi connectivity index (χ3n) is 2.71. The Bertz CT molecular complexity index is 417. The molecule has 1 aromatic carbocycles. The quantitative estimate of drug-likeness (QED) is 0.751. The van der Waals surface area contributed by atoms with E-state index >= 15 is 0 Å². The molecule has 1 aromatic rings. The maximum absolute atomic E-state index is 11.4. The first-order chi connectivity index (χ1) is 7.58. The molecule has 16 heavy (non-hydrogen) atoms. The van der Waals surface area contributed by atoms with E-state index in [2.05, 4.69) is 5.32 Å². The zero-order chi connectivity index (χ0) is 11.7. The van der Waals surface area contributed by atoms with Crippen molar-refractivity contribution in [2.24, 2.45) is 0 Å². The first-order valence-corrected chi connectivity index (χ1v) is 5.29. The van der Waals surface area contributed by atoms with Crippen LogP contribution in [0.1, 0.15) is 18.1 Å². The van der Waals surface area contributed by atoms with Crippen LogP contribution in [0.25, 0.3) is 0 Å². The van der Waals surface area contributed by atoms with Crippen LogP contribution in [-0.4, -0.2) is 23.2 Å². The molecular formula is C12H15NO3. The molecule has 2 N–H and O–H groups in total. The molecule has 0 radical (unpaired) electrons. The van der Waals surface area contributed by atoms with Gasteiger partial charge >= 0.3 is 0 Å². The number of aryl methyl sites for hydroxylation is 1. The zero-order valence-electron chi connectivity index (χ0n) is 9.36. The average Bonchev–Trinajstić information content (AvgIpc) is 2.97. The maximum atomic E-state index is 11.4. The fraction of sp³-hybridized carbons (Fsp3) is 0.417. The topological polar surface area (TPSA) is 61.9 Å². The van der Waals surface area contributed by atoms with Gasteiger partial charge in [0, 0.05) is 6.54 Å². The largest absolute Gasteiger partial charge is 0.508 e. The molecule has 0 saturated carbocycles. The average molecular weight is 221 g/mol. The van der Waals surface area contributed by atoms with Gasteiger partial charge in [0.15, 0.2) is 6.10 Å². The van der Waals surface area contributed by atoms with Gasteiger partial charge in [0.25, 0.3) is 5.91 Å². The summed E-state index contributed by atoms with van der Waals surface area (Å²) in [6, 6.07) is 5.37. The van der Waals surface area contributed by atoms with Gasteiger partial charge in [0.1, 0.15) is 5.75 Å². The maximum Gasteiger partial charge on any atom is 0.252 e. The lowest BCUT2D eigenvalue weighted by Gasteiger charge is -2.05. The second-order valence-corrected chi connectivity index (χ2v) is 4.10. The first-order valence-electron chi connectivity index (χ1n) is 5.29. The monoisotopic (exact) mass is 221 g/mol. The Morgan fingerprint density at radius 3 is 2.81 bits per heavy atom. The Balaban J connectivity index is 1.89. The molecule has 1 saturated heterocycles. The number of hydrogen-bond acceptors (Lipinski definition) is 3. The van der Waals surface area contributed by atoms with Gasteiger partial charge < -0.3 is 15.2 Å². The highest BCUT2D eigenvalue weighted by molar-refractivity contribution is 5.83. The predicted molar refractivity (Wildman–Crippen MR) is 59.0 cm³/mol. The number of phenolic OH excluding ortho intramolecular Hbond substituents is 1. The van der Waals surface area contributed by atoms with Crippen LogP contribution in [-0.2, 0) is 16.1 Å². The molecule has 0 unspecified atom stereocenters. The third-order valence-corrected chi connectivity index (χ3v) is 2.71. The summed E-state index contributed by atoms with van der Waals surface area (Å²) in [5.74, 6) is 0.162. The number of aromatic hydroxyl groups is 1. The molecule has 0 aliphatic carbocycles. The van der Waals surface area contributed by atoms with Crippen molar-refractivity contribution in [2.75, 3.05) is 0 Å². The molecule has 86 valence electrons. The van der Waals surface area contributed by atoms with Crippen molar-refractivity contribution < 1.29 is 14.6 Å². The number of epoxide rings is 1. The Labute approximate surface area is 94.2 Å². The molecule has 2 atom stereocenters. The Kier molecular flexibility index (Phi) is 2.83. The van der Waals surface area contributed by atoms with Gasteiger partial charge in [-0.1, -0.05) is 12.1 Å². The highest BCUT2D eigenvalue weighted by Crippen LogP contribution is 2.21. The normalized spacial score (nSPS) is 22.9. The van der Waals surface area contributed by atoms with E-state index in [-0.39, 0.29) is 23.9 Å². The van der Waals surface area contributed by atoms with Gasteiger partial charge in [-0.3, -0.25) is 4.79 Å². The second-order valence-electron chi connectivity index (χ2n) is 4.10. The number of nitrogens with one attached hydrogen (secondary N) is 1. The van der Waals surface area contributed by atoms with Crippen molar-refractivity contribution in [3.05, 3.63) is 29.3 Å². The van der Waals surface area contributed by atoms with Crippen molar-refractivity contribution in [3.63, 3.8) is 0 Å². The van der Waals surface area contributed by atoms with Gasteiger partial charge in [-0.2, -0.15) is 0 Å². The highest BCUT2D eigenvalue weighted by Gasteiger charge is 2.40. The lowest BCUT2D eigenvalue weighted by atomic mass is 10.1. The smallest absolute Gasteiger partial charge is 0.252 e. The van der Waals surface area contributed by atoms with Crippen molar-refractivity contribution in [1.82, 2.24) is 5.32 Å². The van der Waals surface area contributed by atoms with Crippen molar-refractivity contribution in [2.45, 2.75) is 32.6 Å². The number of ether oxygens (including phenoxy) is 1. The molecule has 0 bridgehead atoms. The molecule has 0 aromatic heterocycles. The molecule has 1 heterocycles. The number of benzene rings is 1. The van der Waals surface area contributed by atoms with Crippen LogP contribution in [0.15, 0.2) is 18.2 Å². The fourth-order valence-corrected chi connectivity index (χ4v) is 1.52. The SMILES string of the molecule is Cc1ccc(CNC(=O)[C@@H]2O[C@H]2C)cc1O. The lowest BCUT2D eigenvalue weighted by Crippen LogP contribution is -2.28. The summed E-state index contributed by atoms with van der Waals surface area (Å²) >= 11 is 0. The minimum absolute atomic E-state index is 0.0337. The summed E-state index contributed by atoms with van der Waals surface area (Å²) in [6.07, 6.45) is -0.259. The third kappa shape index (κ3) is 2.33. The molecule has 1 amide bonds. The van der Waals surface area contributed by atoms with Gasteiger partial charge in [-0.15, -0.1) is 0 Å². The van der Waals surface area contributed by atoms with Crippen LogP contribution in [0.4, 0.5) is 0 Å². The Morgan fingerprint density at radius 1 is 1.56 bits per heavy atom. The summed E-state index contributed by atoms with van der Waals surface area (Å²) in [7, 11) is 0. The van der Waals surface area contributed by atoms with Crippen LogP contribution >= 0.6 is 0 Å². The van der Waals surface area contributed by atoms with E-state index in [0.717, 1.165) is 11.1 Å². The Morgan fingerprint density at radius 2 is 2.25 bits per heavy atom. The Hall–Kier alpha value is -1.55. The summed E-state index contributed by atoms with van der Waals surface area (Å²) in [4.78, 5) is 11.4. The zero-order valence-corrected chi connectivity index (χ0v) is 9.36. The van der Waals surface area contributed by atoms with E-state index in [4.69, 9.17) is 4.74 Å². The molecule has 1 aliphatic rings. The van der Waals surface area contributed by atoms with E-state index in [9.17, 15) is 9.90 Å². The molecule has 2 rings (SSSR count). The van der Waals surface area contributed by atoms with Crippen molar-refractivity contribution in [1.29, 1.82) is 0 Å². The number of rotatable bonds is 3. The standard InChI is InChI=1S/C12H15NO3/c1-7-3-4-9(5-10(7)14)6-13-12(15)11-8(2)16-11/h3-5,8,11,14H,6H2,1-2H3,(H,13,15)/t8-,11+/m0/s1. The first kappa shape index (κ1) is 11.0. The van der Waals surface area contributed by atoms with Crippen LogP contribution in [0.2, 0.25) is 0 Å². The summed E-state index contributed by atoms with van der Waals surface area (Å²) in [5, 5.41) is 12.3. The minimum atomic E-state index is -0.293. The van der Waals surface area contributed by atoms with E-state index < -0.39 is 0 Å². The van der Waals surface area contributed by atoms with E-state index in [1.165, 1.54) is 0 Å². The summed E-state index contributed by atoms with van der Waals surface area (Å²) in [6.45, 7) is 4.11. The number of amides is 1. The van der Waals surface area contributed by atoms with Gasteiger partial charge in [0.05, 0.1) is 6.10 Å².